The Kier molecular flexibility index (Phi) is 3.71. The van der Waals surface area contributed by atoms with E-state index in [4.69, 9.17) is 0 Å². The van der Waals surface area contributed by atoms with Crippen molar-refractivity contribution in [2.75, 3.05) is 18.4 Å². The van der Waals surface area contributed by atoms with Gasteiger partial charge in [0, 0.05) is 24.6 Å². The molecule has 2 rings (SSSR count). The van der Waals surface area contributed by atoms with Crippen molar-refractivity contribution >= 4 is 22.6 Å². The van der Waals surface area contributed by atoms with Gasteiger partial charge in [0.15, 0.2) is 0 Å². The van der Waals surface area contributed by atoms with Crippen molar-refractivity contribution in [3.05, 3.63) is 6.33 Å². The summed E-state index contributed by atoms with van der Waals surface area (Å²) in [6, 6.07) is -0.217. The molecule has 1 aromatic rings. The number of piperidine rings is 1. The van der Waals surface area contributed by atoms with Gasteiger partial charge in [0.2, 0.25) is 11.0 Å². The van der Waals surface area contributed by atoms with Crippen molar-refractivity contribution in [2.45, 2.75) is 32.2 Å². The van der Waals surface area contributed by atoms with Crippen LogP contribution in [0.2, 0.25) is 0 Å². The van der Waals surface area contributed by atoms with Crippen molar-refractivity contribution in [3.8, 4) is 0 Å². The molecular weight excluding hydrogens is 224 g/mol. The number of hydrogen-bond donors (Lipinski definition) is 1. The Balaban J connectivity index is 1.88. The van der Waals surface area contributed by atoms with Crippen molar-refractivity contribution in [2.24, 2.45) is 0 Å². The van der Waals surface area contributed by atoms with Gasteiger partial charge in [-0.05, 0) is 26.2 Å². The number of likely N-dealkylation sites (tertiary alicyclic amines) is 1. The molecule has 0 aromatic carbocycles. The van der Waals surface area contributed by atoms with Gasteiger partial charge in [-0.15, -0.1) is 0 Å². The first-order valence-corrected chi connectivity index (χ1v) is 6.36. The number of rotatable bonds is 3. The predicted octanol–water partition coefficient (Wildman–Crippen LogP) is 1.35. The third kappa shape index (κ3) is 2.69. The highest BCUT2D eigenvalue weighted by molar-refractivity contribution is 7.09. The molecule has 1 unspecified atom stereocenters. The van der Waals surface area contributed by atoms with Crippen molar-refractivity contribution < 1.29 is 4.79 Å². The van der Waals surface area contributed by atoms with Crippen LogP contribution in [-0.4, -0.2) is 39.3 Å². The van der Waals surface area contributed by atoms with E-state index in [-0.39, 0.29) is 11.9 Å². The van der Waals surface area contributed by atoms with Crippen molar-refractivity contribution in [1.29, 1.82) is 0 Å². The molecule has 1 atom stereocenters. The summed E-state index contributed by atoms with van der Waals surface area (Å²) in [4.78, 5) is 18.0. The van der Waals surface area contributed by atoms with E-state index < -0.39 is 0 Å². The van der Waals surface area contributed by atoms with Gasteiger partial charge in [-0.3, -0.25) is 4.79 Å². The van der Waals surface area contributed by atoms with E-state index in [1.165, 1.54) is 24.3 Å². The first-order valence-electron chi connectivity index (χ1n) is 5.59. The average Bonchev–Trinajstić information content (AvgIpc) is 2.82. The SMILES string of the molecule is CC(Nc1ncns1)C(=O)N1CCCCC1. The topological polar surface area (TPSA) is 58.1 Å². The molecule has 5 nitrogen and oxygen atoms in total. The minimum Gasteiger partial charge on any atom is -0.349 e. The predicted molar refractivity (Wildman–Crippen MR) is 63.4 cm³/mol. The second-order valence-corrected chi connectivity index (χ2v) is 4.78. The third-order valence-electron chi connectivity index (χ3n) is 2.74. The van der Waals surface area contributed by atoms with E-state index in [0.29, 0.717) is 5.13 Å². The van der Waals surface area contributed by atoms with Crippen LogP contribution in [0.15, 0.2) is 6.33 Å². The molecule has 0 saturated carbocycles. The molecule has 0 spiro atoms. The zero-order chi connectivity index (χ0) is 11.4. The van der Waals surface area contributed by atoms with Crippen LogP contribution < -0.4 is 5.32 Å². The molecule has 16 heavy (non-hydrogen) atoms. The van der Waals surface area contributed by atoms with E-state index in [1.54, 1.807) is 0 Å². The van der Waals surface area contributed by atoms with Crippen LogP contribution in [0.4, 0.5) is 5.13 Å². The Hall–Kier alpha value is -1.17. The van der Waals surface area contributed by atoms with Crippen LogP contribution in [0.1, 0.15) is 26.2 Å². The van der Waals surface area contributed by atoms with Crippen LogP contribution in [0.25, 0.3) is 0 Å². The van der Waals surface area contributed by atoms with E-state index in [0.717, 1.165) is 25.9 Å². The lowest BCUT2D eigenvalue weighted by molar-refractivity contribution is -0.132. The monoisotopic (exact) mass is 240 g/mol. The van der Waals surface area contributed by atoms with Crippen LogP contribution >= 0.6 is 11.5 Å². The first-order chi connectivity index (χ1) is 7.77. The Morgan fingerprint density at radius 3 is 2.88 bits per heavy atom. The fraction of sp³-hybridized carbons (Fsp3) is 0.700. The van der Waals surface area contributed by atoms with Gasteiger partial charge in [0.1, 0.15) is 12.4 Å². The number of nitrogens with zero attached hydrogens (tertiary/aromatic N) is 3. The lowest BCUT2D eigenvalue weighted by Gasteiger charge is -2.29. The smallest absolute Gasteiger partial charge is 0.244 e. The van der Waals surface area contributed by atoms with Gasteiger partial charge in [0.25, 0.3) is 0 Å². The molecule has 1 N–H and O–H groups in total. The maximum atomic E-state index is 12.0. The summed E-state index contributed by atoms with van der Waals surface area (Å²) in [5, 5.41) is 3.78. The molecule has 1 amide bonds. The van der Waals surface area contributed by atoms with Gasteiger partial charge in [-0.2, -0.15) is 4.37 Å². The zero-order valence-electron chi connectivity index (χ0n) is 9.35. The van der Waals surface area contributed by atoms with E-state index in [1.807, 2.05) is 11.8 Å². The maximum Gasteiger partial charge on any atom is 0.244 e. The van der Waals surface area contributed by atoms with Crippen molar-refractivity contribution in [3.63, 3.8) is 0 Å². The summed E-state index contributed by atoms with van der Waals surface area (Å²) >= 11 is 1.27. The Bertz CT molecular complexity index is 335. The summed E-state index contributed by atoms with van der Waals surface area (Å²) in [6.45, 7) is 3.65. The highest BCUT2D eigenvalue weighted by Crippen LogP contribution is 2.13. The fourth-order valence-corrected chi connectivity index (χ4v) is 2.39. The molecule has 1 saturated heterocycles. The van der Waals surface area contributed by atoms with Gasteiger partial charge in [0.05, 0.1) is 0 Å². The zero-order valence-corrected chi connectivity index (χ0v) is 10.2. The first kappa shape index (κ1) is 11.3. The summed E-state index contributed by atoms with van der Waals surface area (Å²) in [7, 11) is 0. The minimum atomic E-state index is -0.217. The van der Waals surface area contributed by atoms with Gasteiger partial charge in [-0.25, -0.2) is 4.98 Å². The Labute approximate surface area is 99.0 Å². The number of nitrogens with one attached hydrogen (secondary N) is 1. The standard InChI is InChI=1S/C10H16N4OS/c1-8(13-10-11-7-12-16-10)9(15)14-5-3-2-4-6-14/h7-8H,2-6H2,1H3,(H,11,12,13). The maximum absolute atomic E-state index is 12.0. The summed E-state index contributed by atoms with van der Waals surface area (Å²) in [5.41, 5.74) is 0. The van der Waals surface area contributed by atoms with E-state index >= 15 is 0 Å². The van der Waals surface area contributed by atoms with Crippen LogP contribution in [0.3, 0.4) is 0 Å². The number of carbonyl (C=O) groups is 1. The number of anilines is 1. The van der Waals surface area contributed by atoms with Gasteiger partial charge in [-0.1, -0.05) is 0 Å². The van der Waals surface area contributed by atoms with Crippen LogP contribution in [-0.2, 0) is 4.79 Å². The largest absolute Gasteiger partial charge is 0.349 e. The second-order valence-electron chi connectivity index (χ2n) is 4.00. The normalized spacial score (nSPS) is 18.2. The number of hydrogen-bond acceptors (Lipinski definition) is 5. The Morgan fingerprint density at radius 2 is 2.25 bits per heavy atom. The second kappa shape index (κ2) is 5.25. The Morgan fingerprint density at radius 1 is 1.50 bits per heavy atom. The molecular formula is C10H16N4OS. The minimum absolute atomic E-state index is 0.162. The van der Waals surface area contributed by atoms with E-state index in [9.17, 15) is 4.79 Å². The van der Waals surface area contributed by atoms with Gasteiger partial charge < -0.3 is 10.2 Å². The van der Waals surface area contributed by atoms with Gasteiger partial charge >= 0.3 is 0 Å². The molecule has 0 bridgehead atoms. The average molecular weight is 240 g/mol. The summed E-state index contributed by atoms with van der Waals surface area (Å²) < 4.78 is 3.89. The lowest BCUT2D eigenvalue weighted by atomic mass is 10.1. The summed E-state index contributed by atoms with van der Waals surface area (Å²) in [5.74, 6) is 0.162. The molecule has 1 aromatic heterocycles. The number of amides is 1. The molecule has 6 heteroatoms. The quantitative estimate of drug-likeness (QED) is 0.866. The third-order valence-corrected chi connectivity index (χ3v) is 3.34. The highest BCUT2D eigenvalue weighted by atomic mass is 32.1. The highest BCUT2D eigenvalue weighted by Gasteiger charge is 2.22. The molecule has 88 valence electrons. The molecule has 1 fully saturated rings. The molecule has 0 radical (unpaired) electrons. The number of carbonyl (C=O) groups excluding carboxylic acids is 1. The molecule has 1 aliphatic heterocycles. The molecule has 1 aliphatic rings. The van der Waals surface area contributed by atoms with Crippen molar-refractivity contribution in [1.82, 2.24) is 14.3 Å². The fourth-order valence-electron chi connectivity index (χ4n) is 1.87. The molecule has 2 heterocycles. The van der Waals surface area contributed by atoms with Crippen LogP contribution in [0.5, 0.6) is 0 Å². The summed E-state index contributed by atoms with van der Waals surface area (Å²) in [6.07, 6.45) is 4.97. The molecule has 0 aliphatic carbocycles. The lowest BCUT2D eigenvalue weighted by Crippen LogP contribution is -2.43. The van der Waals surface area contributed by atoms with Crippen LogP contribution in [0, 0.1) is 0 Å². The number of aromatic nitrogens is 2. The van der Waals surface area contributed by atoms with E-state index in [2.05, 4.69) is 14.7 Å².